The van der Waals surface area contributed by atoms with Crippen LogP contribution in [0.4, 0.5) is 0 Å². The van der Waals surface area contributed by atoms with E-state index in [2.05, 4.69) is 78.8 Å². The van der Waals surface area contributed by atoms with E-state index in [4.69, 9.17) is 4.98 Å². The van der Waals surface area contributed by atoms with Crippen LogP contribution in [0, 0.1) is 0 Å². The summed E-state index contributed by atoms with van der Waals surface area (Å²) in [7, 11) is 0. The average Bonchev–Trinajstić information content (AvgIpc) is 2.89. The largest absolute Gasteiger partial charge is 0.323 e. The van der Waals surface area contributed by atoms with Gasteiger partial charge in [0, 0.05) is 13.0 Å². The minimum absolute atomic E-state index is 0.193. The number of nitrogens with zero attached hydrogens (tertiary/aromatic N) is 3. The van der Waals surface area contributed by atoms with Crippen LogP contribution < -0.4 is 0 Å². The normalized spacial score (nSPS) is 16.1. The minimum Gasteiger partial charge on any atom is -0.323 e. The van der Waals surface area contributed by atoms with Gasteiger partial charge in [0.15, 0.2) is 0 Å². The van der Waals surface area contributed by atoms with E-state index in [1.807, 2.05) is 0 Å². The summed E-state index contributed by atoms with van der Waals surface area (Å²) in [4.78, 5) is 7.67. The van der Waals surface area contributed by atoms with Gasteiger partial charge in [0.05, 0.1) is 11.0 Å². The topological polar surface area (TPSA) is 21.1 Å². The monoisotopic (exact) mass is 403 g/mol. The molecule has 0 N–H and O–H groups in total. The minimum atomic E-state index is 0.193. The van der Waals surface area contributed by atoms with Crippen molar-refractivity contribution in [3.8, 4) is 0 Å². The first kappa shape index (κ1) is 21.1. The Morgan fingerprint density at radius 1 is 0.867 bits per heavy atom. The van der Waals surface area contributed by atoms with Crippen LogP contribution in [0.1, 0.15) is 69.8 Å². The number of hydrogen-bond acceptors (Lipinski definition) is 2. The zero-order chi connectivity index (χ0) is 21.0. The first-order chi connectivity index (χ1) is 14.5. The lowest BCUT2D eigenvalue weighted by Gasteiger charge is -2.20. The smallest absolute Gasteiger partial charge is 0.110 e. The fourth-order valence-corrected chi connectivity index (χ4v) is 4.61. The van der Waals surface area contributed by atoms with E-state index >= 15 is 0 Å². The highest BCUT2D eigenvalue weighted by molar-refractivity contribution is 5.76. The molecule has 0 spiro atoms. The fourth-order valence-electron chi connectivity index (χ4n) is 4.61. The number of hydrogen-bond donors (Lipinski definition) is 0. The highest BCUT2D eigenvalue weighted by Gasteiger charge is 2.15. The summed E-state index contributed by atoms with van der Waals surface area (Å²) in [6.45, 7) is 11.5. The maximum atomic E-state index is 5.01. The van der Waals surface area contributed by atoms with Gasteiger partial charge in [-0.25, -0.2) is 4.98 Å². The highest BCUT2D eigenvalue weighted by Crippen LogP contribution is 2.24. The zero-order valence-corrected chi connectivity index (χ0v) is 19.0. The molecule has 0 bridgehead atoms. The van der Waals surface area contributed by atoms with Crippen molar-refractivity contribution < 1.29 is 0 Å². The van der Waals surface area contributed by atoms with E-state index in [1.54, 1.807) is 0 Å². The molecule has 3 aromatic rings. The lowest BCUT2D eigenvalue weighted by molar-refractivity contribution is 0.280. The molecule has 30 heavy (non-hydrogen) atoms. The van der Waals surface area contributed by atoms with Gasteiger partial charge in [0.1, 0.15) is 5.82 Å². The molecule has 160 valence electrons. The highest BCUT2D eigenvalue weighted by atomic mass is 15.1. The first-order valence-electron chi connectivity index (χ1n) is 11.8. The Bertz CT molecular complexity index is 938. The van der Waals surface area contributed by atoms with Gasteiger partial charge in [-0.2, -0.15) is 0 Å². The molecule has 0 saturated carbocycles. The van der Waals surface area contributed by atoms with Crippen LogP contribution in [-0.2, 0) is 18.4 Å². The number of rotatable bonds is 6. The molecule has 4 rings (SSSR count). The molecule has 2 aromatic carbocycles. The quantitative estimate of drug-likeness (QED) is 0.489. The lowest BCUT2D eigenvalue weighted by atomic mass is 9.87. The molecule has 0 radical (unpaired) electrons. The molecule has 1 aliphatic heterocycles. The van der Waals surface area contributed by atoms with E-state index in [0.717, 1.165) is 18.5 Å². The van der Waals surface area contributed by atoms with Crippen LogP contribution in [0.3, 0.4) is 0 Å². The van der Waals surface area contributed by atoms with Gasteiger partial charge in [0.2, 0.25) is 0 Å². The van der Waals surface area contributed by atoms with Gasteiger partial charge in [-0.3, -0.25) is 0 Å². The van der Waals surface area contributed by atoms with Gasteiger partial charge in [-0.05, 0) is 67.6 Å². The molecule has 1 aliphatic rings. The Labute approximate surface area is 182 Å². The summed E-state index contributed by atoms with van der Waals surface area (Å²) < 4.78 is 2.43. The van der Waals surface area contributed by atoms with Crippen molar-refractivity contribution in [3.05, 3.63) is 65.5 Å². The number of para-hydroxylation sites is 2. The van der Waals surface area contributed by atoms with E-state index < -0.39 is 0 Å². The second kappa shape index (κ2) is 9.34. The van der Waals surface area contributed by atoms with E-state index in [0.29, 0.717) is 0 Å². The van der Waals surface area contributed by atoms with Crippen LogP contribution in [0.5, 0.6) is 0 Å². The van der Waals surface area contributed by atoms with Crippen molar-refractivity contribution in [2.45, 2.75) is 71.3 Å². The zero-order valence-electron chi connectivity index (χ0n) is 19.0. The number of aryl methyl sites for hydroxylation is 1. The molecule has 1 fully saturated rings. The molecule has 0 amide bonds. The van der Waals surface area contributed by atoms with Crippen molar-refractivity contribution >= 4 is 11.0 Å². The molecule has 1 aromatic heterocycles. The Morgan fingerprint density at radius 3 is 2.27 bits per heavy atom. The summed E-state index contributed by atoms with van der Waals surface area (Å²) >= 11 is 0. The van der Waals surface area contributed by atoms with Crippen molar-refractivity contribution in [1.82, 2.24) is 14.5 Å². The molecular formula is C27H37N3. The van der Waals surface area contributed by atoms with Gasteiger partial charge < -0.3 is 9.47 Å². The summed E-state index contributed by atoms with van der Waals surface area (Å²) in [5, 5.41) is 0. The first-order valence-corrected chi connectivity index (χ1v) is 11.8. The molecule has 2 heterocycles. The predicted molar refractivity (Wildman–Crippen MR) is 127 cm³/mol. The molecule has 0 atom stereocenters. The third-order valence-electron chi connectivity index (χ3n) is 6.47. The van der Waals surface area contributed by atoms with Crippen LogP contribution in [-0.4, -0.2) is 34.1 Å². The van der Waals surface area contributed by atoms with Gasteiger partial charge in [0.25, 0.3) is 0 Å². The summed E-state index contributed by atoms with van der Waals surface area (Å²) in [6, 6.07) is 17.7. The second-order valence-corrected chi connectivity index (χ2v) is 9.91. The maximum absolute atomic E-state index is 5.01. The molecule has 0 unspecified atom stereocenters. The molecular weight excluding hydrogens is 366 g/mol. The Morgan fingerprint density at radius 2 is 1.57 bits per heavy atom. The van der Waals surface area contributed by atoms with Crippen LogP contribution in [0.15, 0.2) is 48.5 Å². The molecule has 3 heteroatoms. The van der Waals surface area contributed by atoms with Gasteiger partial charge >= 0.3 is 0 Å². The SMILES string of the molecule is CC(C)(C)c1ccc(Cn2c(CCCN3CCCCCC3)nc3ccccc32)cc1. The van der Waals surface area contributed by atoms with Crippen molar-refractivity contribution in [2.75, 3.05) is 19.6 Å². The van der Waals surface area contributed by atoms with E-state index in [9.17, 15) is 0 Å². The summed E-state index contributed by atoms with van der Waals surface area (Å²) in [5.74, 6) is 1.23. The van der Waals surface area contributed by atoms with Gasteiger partial charge in [-0.1, -0.05) is 70.0 Å². The molecule has 0 aliphatic carbocycles. The second-order valence-electron chi connectivity index (χ2n) is 9.91. The number of imidazole rings is 1. The third-order valence-corrected chi connectivity index (χ3v) is 6.47. The number of benzene rings is 2. The van der Waals surface area contributed by atoms with Crippen molar-refractivity contribution in [3.63, 3.8) is 0 Å². The average molecular weight is 404 g/mol. The number of likely N-dealkylation sites (tertiary alicyclic amines) is 1. The van der Waals surface area contributed by atoms with Crippen LogP contribution in [0.25, 0.3) is 11.0 Å². The van der Waals surface area contributed by atoms with E-state index in [1.165, 1.54) is 74.2 Å². The predicted octanol–water partition coefficient (Wildman–Crippen LogP) is 6.19. The van der Waals surface area contributed by atoms with Crippen molar-refractivity contribution in [1.29, 1.82) is 0 Å². The molecule has 1 saturated heterocycles. The molecule has 3 nitrogen and oxygen atoms in total. The number of fused-ring (bicyclic) bond motifs is 1. The fraction of sp³-hybridized carbons (Fsp3) is 0.519. The van der Waals surface area contributed by atoms with Gasteiger partial charge in [-0.15, -0.1) is 0 Å². The van der Waals surface area contributed by atoms with Crippen molar-refractivity contribution in [2.24, 2.45) is 0 Å². The summed E-state index contributed by atoms with van der Waals surface area (Å²) in [5.41, 5.74) is 5.30. The van der Waals surface area contributed by atoms with Crippen LogP contribution in [0.2, 0.25) is 0 Å². The summed E-state index contributed by atoms with van der Waals surface area (Å²) in [6.07, 6.45) is 7.77. The maximum Gasteiger partial charge on any atom is 0.110 e. The number of aromatic nitrogens is 2. The van der Waals surface area contributed by atoms with E-state index in [-0.39, 0.29) is 5.41 Å². The Kier molecular flexibility index (Phi) is 6.58. The standard InChI is InChI=1S/C27H37N3/c1-27(2,3)23-16-14-22(15-17-23)21-30-25-12-7-6-11-24(25)28-26(30)13-10-20-29-18-8-4-5-9-19-29/h6-7,11-12,14-17H,4-5,8-10,13,18-21H2,1-3H3. The third kappa shape index (κ3) is 5.13. The Hall–Kier alpha value is -2.13. The Balaban J connectivity index is 1.50. The lowest BCUT2D eigenvalue weighted by Crippen LogP contribution is -2.26. The van der Waals surface area contributed by atoms with Crippen LogP contribution >= 0.6 is 0 Å².